The molecule has 6 nitrogen and oxygen atoms in total. The van der Waals surface area contributed by atoms with Crippen LogP contribution in [0, 0.1) is 5.41 Å². The Morgan fingerprint density at radius 3 is 2.74 bits per heavy atom. The van der Waals surface area contributed by atoms with Gasteiger partial charge >= 0.3 is 0 Å². The Bertz CT molecular complexity index is 823. The number of benzene rings is 1. The van der Waals surface area contributed by atoms with Crippen LogP contribution in [-0.4, -0.2) is 23.0 Å². The Morgan fingerprint density at radius 1 is 1.19 bits per heavy atom. The van der Waals surface area contributed by atoms with Crippen molar-refractivity contribution in [2.24, 2.45) is 5.41 Å². The fourth-order valence-corrected chi connectivity index (χ4v) is 4.25. The quantitative estimate of drug-likeness (QED) is 0.844. The Hall–Kier alpha value is -2.76. The average molecular weight is 367 g/mol. The number of rotatable bonds is 5. The third kappa shape index (κ3) is 4.15. The maximum Gasteiger partial charge on any atom is 0.262 e. The summed E-state index contributed by atoms with van der Waals surface area (Å²) in [5.74, 6) is 0.458. The van der Waals surface area contributed by atoms with Gasteiger partial charge in [0.05, 0.1) is 5.69 Å². The molecule has 1 aliphatic carbocycles. The topological polar surface area (TPSA) is 72.4 Å². The van der Waals surface area contributed by atoms with Crippen molar-refractivity contribution in [2.75, 3.05) is 17.2 Å². The number of aromatic nitrogens is 1. The van der Waals surface area contributed by atoms with E-state index in [1.54, 1.807) is 18.2 Å². The second-order valence-corrected chi connectivity index (χ2v) is 7.69. The van der Waals surface area contributed by atoms with Gasteiger partial charge < -0.3 is 19.9 Å². The normalized spacial score (nSPS) is 18.1. The lowest BCUT2D eigenvalue weighted by atomic mass is 9.71. The number of hydrogen-bond donors (Lipinski definition) is 2. The van der Waals surface area contributed by atoms with Gasteiger partial charge in [-0.3, -0.25) is 9.59 Å². The van der Waals surface area contributed by atoms with Crippen molar-refractivity contribution in [3.05, 3.63) is 42.7 Å². The molecular weight excluding hydrogens is 342 g/mol. The first-order valence-electron chi connectivity index (χ1n) is 9.59. The predicted molar refractivity (Wildman–Crippen MR) is 104 cm³/mol. The van der Waals surface area contributed by atoms with Crippen LogP contribution < -0.4 is 15.4 Å². The van der Waals surface area contributed by atoms with Crippen molar-refractivity contribution < 1.29 is 14.3 Å². The summed E-state index contributed by atoms with van der Waals surface area (Å²) in [7, 11) is 0. The molecule has 6 heteroatoms. The number of ether oxygens (including phenoxy) is 1. The summed E-state index contributed by atoms with van der Waals surface area (Å²) in [5, 5.41) is 5.77. The fourth-order valence-electron chi connectivity index (χ4n) is 4.25. The number of carbonyl (C=O) groups excluding carboxylic acids is 2. The minimum Gasteiger partial charge on any atom is -0.482 e. The number of nitrogens with zero attached hydrogens (tertiary/aromatic N) is 1. The zero-order valence-corrected chi connectivity index (χ0v) is 15.4. The molecule has 2 N–H and O–H groups in total. The van der Waals surface area contributed by atoms with Crippen molar-refractivity contribution in [3.63, 3.8) is 0 Å². The molecule has 2 amide bonds. The van der Waals surface area contributed by atoms with Crippen LogP contribution in [0.2, 0.25) is 0 Å². The summed E-state index contributed by atoms with van der Waals surface area (Å²) in [4.78, 5) is 24.2. The molecule has 0 spiro atoms. The van der Waals surface area contributed by atoms with Gasteiger partial charge in [-0.1, -0.05) is 19.3 Å². The molecule has 27 heavy (non-hydrogen) atoms. The first-order chi connectivity index (χ1) is 13.1. The van der Waals surface area contributed by atoms with Crippen molar-refractivity contribution in [1.29, 1.82) is 0 Å². The Labute approximate surface area is 158 Å². The first-order valence-corrected chi connectivity index (χ1v) is 9.59. The molecule has 1 saturated carbocycles. The van der Waals surface area contributed by atoms with Crippen LogP contribution in [0.4, 0.5) is 11.4 Å². The highest BCUT2D eigenvalue weighted by molar-refractivity contribution is 5.97. The molecule has 1 aromatic heterocycles. The van der Waals surface area contributed by atoms with E-state index in [4.69, 9.17) is 4.74 Å². The molecule has 0 radical (unpaired) electrons. The second-order valence-electron chi connectivity index (χ2n) is 7.69. The molecule has 4 rings (SSSR count). The van der Waals surface area contributed by atoms with Gasteiger partial charge in [-0.25, -0.2) is 0 Å². The van der Waals surface area contributed by atoms with Crippen LogP contribution >= 0.6 is 0 Å². The number of anilines is 2. The van der Waals surface area contributed by atoms with E-state index in [2.05, 4.69) is 27.6 Å². The molecule has 0 saturated heterocycles. The third-order valence-electron chi connectivity index (χ3n) is 5.53. The van der Waals surface area contributed by atoms with Gasteiger partial charge in [0.25, 0.3) is 5.91 Å². The van der Waals surface area contributed by atoms with Crippen molar-refractivity contribution in [3.8, 4) is 5.75 Å². The number of nitrogens with one attached hydrogen (secondary N) is 2. The SMILES string of the molecule is O=C(CC1(Cn2cccc2)CCCCC1)Nc1ccc2c(c1)OCC(=O)N2. The Morgan fingerprint density at radius 2 is 1.96 bits per heavy atom. The number of hydrogen-bond acceptors (Lipinski definition) is 3. The summed E-state index contributed by atoms with van der Waals surface area (Å²) in [5.41, 5.74) is 1.35. The number of amides is 2. The van der Waals surface area contributed by atoms with E-state index in [9.17, 15) is 9.59 Å². The average Bonchev–Trinajstić information content (AvgIpc) is 3.15. The van der Waals surface area contributed by atoms with E-state index in [1.165, 1.54) is 19.3 Å². The molecule has 2 aliphatic rings. The van der Waals surface area contributed by atoms with Gasteiger partial charge in [-0.15, -0.1) is 0 Å². The van der Waals surface area contributed by atoms with Crippen LogP contribution in [-0.2, 0) is 16.1 Å². The van der Waals surface area contributed by atoms with Crippen molar-refractivity contribution >= 4 is 23.2 Å². The zero-order valence-electron chi connectivity index (χ0n) is 15.4. The monoisotopic (exact) mass is 367 g/mol. The second kappa shape index (κ2) is 7.47. The lowest BCUT2D eigenvalue weighted by molar-refractivity contribution is -0.120. The molecular formula is C21H25N3O3. The molecule has 0 unspecified atom stereocenters. The van der Waals surface area contributed by atoms with E-state index < -0.39 is 0 Å². The zero-order chi connectivity index (χ0) is 18.7. The minimum absolute atomic E-state index is 0.00435. The van der Waals surface area contributed by atoms with Crippen LogP contribution in [0.15, 0.2) is 42.7 Å². The maximum absolute atomic E-state index is 12.8. The van der Waals surface area contributed by atoms with Crippen LogP contribution in [0.1, 0.15) is 38.5 Å². The molecule has 1 fully saturated rings. The highest BCUT2D eigenvalue weighted by Crippen LogP contribution is 2.41. The smallest absolute Gasteiger partial charge is 0.262 e. The van der Waals surface area contributed by atoms with Gasteiger partial charge in [-0.05, 0) is 42.5 Å². The van der Waals surface area contributed by atoms with Crippen LogP contribution in [0.5, 0.6) is 5.75 Å². The highest BCUT2D eigenvalue weighted by atomic mass is 16.5. The van der Waals surface area contributed by atoms with E-state index in [1.807, 2.05) is 12.1 Å². The molecule has 0 atom stereocenters. The first kappa shape index (κ1) is 17.6. The molecule has 142 valence electrons. The van der Waals surface area contributed by atoms with E-state index in [0.717, 1.165) is 19.4 Å². The summed E-state index contributed by atoms with van der Waals surface area (Å²) >= 11 is 0. The van der Waals surface area contributed by atoms with Gasteiger partial charge in [0.15, 0.2) is 6.61 Å². The minimum atomic E-state index is -0.163. The predicted octanol–water partition coefficient (Wildman–Crippen LogP) is 3.80. The Kier molecular flexibility index (Phi) is 4.88. The summed E-state index contributed by atoms with van der Waals surface area (Å²) in [6.07, 6.45) is 10.4. The van der Waals surface area contributed by atoms with Crippen molar-refractivity contribution in [1.82, 2.24) is 4.57 Å². The standard InChI is InChI=1S/C21H25N3O3/c25-19(22-16-6-7-17-18(12-16)27-14-20(26)23-17)13-21(8-2-1-3-9-21)15-24-10-4-5-11-24/h4-7,10-12H,1-3,8-9,13-15H2,(H,22,25)(H,23,26). The largest absolute Gasteiger partial charge is 0.482 e. The molecule has 2 aromatic rings. The maximum atomic E-state index is 12.8. The number of fused-ring (bicyclic) bond motifs is 1. The fraction of sp³-hybridized carbons (Fsp3) is 0.429. The van der Waals surface area contributed by atoms with Gasteiger partial charge in [0.2, 0.25) is 5.91 Å². The van der Waals surface area contributed by atoms with Crippen LogP contribution in [0.25, 0.3) is 0 Å². The van der Waals surface area contributed by atoms with Gasteiger partial charge in [-0.2, -0.15) is 0 Å². The molecule has 2 heterocycles. The lowest BCUT2D eigenvalue weighted by Crippen LogP contribution is -2.33. The highest BCUT2D eigenvalue weighted by Gasteiger charge is 2.34. The summed E-state index contributed by atoms with van der Waals surface area (Å²) < 4.78 is 7.62. The summed E-state index contributed by atoms with van der Waals surface area (Å²) in [6.45, 7) is 0.886. The van der Waals surface area contributed by atoms with E-state index in [-0.39, 0.29) is 23.8 Å². The van der Waals surface area contributed by atoms with E-state index >= 15 is 0 Å². The van der Waals surface area contributed by atoms with Gasteiger partial charge in [0, 0.05) is 37.1 Å². The van der Waals surface area contributed by atoms with E-state index in [0.29, 0.717) is 23.5 Å². The number of carbonyl (C=O) groups is 2. The molecule has 1 aliphatic heterocycles. The molecule has 1 aromatic carbocycles. The Balaban J connectivity index is 1.44. The van der Waals surface area contributed by atoms with Gasteiger partial charge in [0.1, 0.15) is 5.75 Å². The molecule has 0 bridgehead atoms. The third-order valence-corrected chi connectivity index (χ3v) is 5.53. The van der Waals surface area contributed by atoms with Crippen molar-refractivity contribution in [2.45, 2.75) is 45.1 Å². The lowest BCUT2D eigenvalue weighted by Gasteiger charge is -2.37. The van der Waals surface area contributed by atoms with Crippen LogP contribution in [0.3, 0.4) is 0 Å². The summed E-state index contributed by atoms with van der Waals surface area (Å²) in [6, 6.07) is 9.39.